The van der Waals surface area contributed by atoms with Crippen LogP contribution in [-0.2, 0) is 6.42 Å². The molecule has 0 radical (unpaired) electrons. The number of hydrogen-bond acceptors (Lipinski definition) is 5. The Labute approximate surface area is 168 Å². The van der Waals surface area contributed by atoms with Crippen LogP contribution in [0, 0.1) is 0 Å². The maximum Gasteiger partial charge on any atom is 0.255 e. The van der Waals surface area contributed by atoms with Crippen molar-refractivity contribution < 1.29 is 18.7 Å². The highest BCUT2D eigenvalue weighted by Crippen LogP contribution is 2.28. The lowest BCUT2D eigenvalue weighted by atomic mass is 10.1. The molecule has 0 fully saturated rings. The second kappa shape index (κ2) is 8.06. The van der Waals surface area contributed by atoms with E-state index in [1.807, 2.05) is 48.5 Å². The predicted molar refractivity (Wildman–Crippen MR) is 111 cm³/mol. The van der Waals surface area contributed by atoms with Crippen LogP contribution >= 0.6 is 0 Å². The Morgan fingerprint density at radius 1 is 0.966 bits per heavy atom. The molecule has 1 amide bonds. The fourth-order valence-corrected chi connectivity index (χ4v) is 3.06. The molecule has 146 valence electrons. The van der Waals surface area contributed by atoms with Gasteiger partial charge in [-0.15, -0.1) is 0 Å². The maximum atomic E-state index is 12.5. The van der Waals surface area contributed by atoms with Gasteiger partial charge in [0.05, 0.1) is 14.2 Å². The summed E-state index contributed by atoms with van der Waals surface area (Å²) in [6.07, 6.45) is 0.582. The zero-order valence-corrected chi connectivity index (χ0v) is 16.1. The average molecular weight is 388 g/mol. The standard InChI is InChI=1S/C23H20N2O4/c1-27-20-12-9-16(14-21(20)28-2)23(26)24-17-10-7-15(8-11-17)13-22-25-18-5-3-4-6-19(18)29-22/h3-12,14H,13H2,1-2H3,(H,24,26). The number of hydrogen-bond donors (Lipinski definition) is 1. The van der Waals surface area contributed by atoms with Crippen molar-refractivity contribution in [1.29, 1.82) is 0 Å². The number of nitrogens with one attached hydrogen (secondary N) is 1. The van der Waals surface area contributed by atoms with Crippen molar-refractivity contribution in [2.24, 2.45) is 0 Å². The average Bonchev–Trinajstić information content (AvgIpc) is 3.16. The molecule has 0 atom stereocenters. The number of rotatable bonds is 6. The number of carbonyl (C=O) groups excluding carboxylic acids is 1. The summed E-state index contributed by atoms with van der Waals surface area (Å²) >= 11 is 0. The number of anilines is 1. The van der Waals surface area contributed by atoms with E-state index in [0.717, 1.165) is 16.7 Å². The molecule has 4 aromatic rings. The van der Waals surface area contributed by atoms with E-state index in [1.54, 1.807) is 25.3 Å². The first-order valence-corrected chi connectivity index (χ1v) is 9.13. The number of aromatic nitrogens is 1. The molecule has 0 saturated carbocycles. The molecule has 6 nitrogen and oxygen atoms in total. The second-order valence-electron chi connectivity index (χ2n) is 6.47. The minimum Gasteiger partial charge on any atom is -0.493 e. The lowest BCUT2D eigenvalue weighted by Crippen LogP contribution is -2.12. The molecule has 0 aliphatic carbocycles. The molecule has 1 aromatic heterocycles. The van der Waals surface area contributed by atoms with Gasteiger partial charge in [0.1, 0.15) is 5.52 Å². The van der Waals surface area contributed by atoms with E-state index in [2.05, 4.69) is 10.3 Å². The monoisotopic (exact) mass is 388 g/mol. The van der Waals surface area contributed by atoms with Crippen LogP contribution in [0.25, 0.3) is 11.1 Å². The van der Waals surface area contributed by atoms with Crippen LogP contribution in [0.2, 0.25) is 0 Å². The first-order chi connectivity index (χ1) is 14.2. The Kier molecular flexibility index (Phi) is 5.16. The van der Waals surface area contributed by atoms with Crippen molar-refractivity contribution in [2.45, 2.75) is 6.42 Å². The topological polar surface area (TPSA) is 73.6 Å². The minimum atomic E-state index is -0.224. The quantitative estimate of drug-likeness (QED) is 0.519. The summed E-state index contributed by atoms with van der Waals surface area (Å²) < 4.78 is 16.2. The summed E-state index contributed by atoms with van der Waals surface area (Å²) in [4.78, 5) is 17.0. The summed E-state index contributed by atoms with van der Waals surface area (Å²) in [6, 6.07) is 20.3. The third-order valence-corrected chi connectivity index (χ3v) is 4.55. The van der Waals surface area contributed by atoms with Gasteiger partial charge in [-0.05, 0) is 48.0 Å². The molecule has 3 aromatic carbocycles. The van der Waals surface area contributed by atoms with Gasteiger partial charge in [-0.25, -0.2) is 4.98 Å². The van der Waals surface area contributed by atoms with E-state index in [9.17, 15) is 4.79 Å². The number of oxazole rings is 1. The van der Waals surface area contributed by atoms with Gasteiger partial charge in [0.25, 0.3) is 5.91 Å². The fourth-order valence-electron chi connectivity index (χ4n) is 3.06. The minimum absolute atomic E-state index is 0.224. The molecule has 1 N–H and O–H groups in total. The molecule has 4 rings (SSSR count). The summed E-state index contributed by atoms with van der Waals surface area (Å²) in [5.41, 5.74) is 3.85. The first-order valence-electron chi connectivity index (χ1n) is 9.13. The first kappa shape index (κ1) is 18.6. The maximum absolute atomic E-state index is 12.5. The van der Waals surface area contributed by atoms with Gasteiger partial charge >= 0.3 is 0 Å². The number of amides is 1. The van der Waals surface area contributed by atoms with Gasteiger partial charge in [-0.1, -0.05) is 24.3 Å². The normalized spacial score (nSPS) is 10.7. The summed E-state index contributed by atoms with van der Waals surface area (Å²) in [6.45, 7) is 0. The van der Waals surface area contributed by atoms with Crippen molar-refractivity contribution in [3.8, 4) is 11.5 Å². The zero-order chi connectivity index (χ0) is 20.2. The van der Waals surface area contributed by atoms with Gasteiger partial charge in [-0.2, -0.15) is 0 Å². The molecular weight excluding hydrogens is 368 g/mol. The van der Waals surface area contributed by atoms with Crippen LogP contribution in [0.1, 0.15) is 21.8 Å². The van der Waals surface area contributed by atoms with Crippen LogP contribution in [-0.4, -0.2) is 25.1 Å². The van der Waals surface area contributed by atoms with Gasteiger partial charge < -0.3 is 19.2 Å². The summed E-state index contributed by atoms with van der Waals surface area (Å²) in [5.74, 6) is 1.52. The summed E-state index contributed by atoms with van der Waals surface area (Å²) in [7, 11) is 3.09. The third-order valence-electron chi connectivity index (χ3n) is 4.55. The molecular formula is C23H20N2O4. The second-order valence-corrected chi connectivity index (χ2v) is 6.47. The van der Waals surface area contributed by atoms with E-state index in [4.69, 9.17) is 13.9 Å². The van der Waals surface area contributed by atoms with Gasteiger partial charge in [0.15, 0.2) is 23.0 Å². The Morgan fingerprint density at radius 2 is 1.72 bits per heavy atom. The largest absolute Gasteiger partial charge is 0.493 e. The van der Waals surface area contributed by atoms with Crippen LogP contribution in [0.4, 0.5) is 5.69 Å². The predicted octanol–water partition coefficient (Wildman–Crippen LogP) is 4.69. The van der Waals surface area contributed by atoms with E-state index >= 15 is 0 Å². The Morgan fingerprint density at radius 3 is 2.45 bits per heavy atom. The lowest BCUT2D eigenvalue weighted by Gasteiger charge is -2.10. The van der Waals surface area contributed by atoms with Crippen LogP contribution < -0.4 is 14.8 Å². The van der Waals surface area contributed by atoms with E-state index in [1.165, 1.54) is 7.11 Å². The highest BCUT2D eigenvalue weighted by Gasteiger charge is 2.11. The molecule has 1 heterocycles. The fraction of sp³-hybridized carbons (Fsp3) is 0.130. The number of ether oxygens (including phenoxy) is 2. The van der Waals surface area contributed by atoms with Crippen molar-refractivity contribution in [3.63, 3.8) is 0 Å². The van der Waals surface area contributed by atoms with E-state index < -0.39 is 0 Å². The van der Waals surface area contributed by atoms with Gasteiger partial charge in [0.2, 0.25) is 0 Å². The highest BCUT2D eigenvalue weighted by molar-refractivity contribution is 6.04. The van der Waals surface area contributed by atoms with Crippen LogP contribution in [0.3, 0.4) is 0 Å². The number of nitrogens with zero attached hydrogens (tertiary/aromatic N) is 1. The van der Waals surface area contributed by atoms with Gasteiger partial charge in [0, 0.05) is 17.7 Å². The third kappa shape index (κ3) is 4.06. The Balaban J connectivity index is 1.44. The molecule has 0 bridgehead atoms. The highest BCUT2D eigenvalue weighted by atomic mass is 16.5. The van der Waals surface area contributed by atoms with E-state index in [0.29, 0.717) is 35.1 Å². The number of methoxy groups -OCH3 is 2. The van der Waals surface area contributed by atoms with E-state index in [-0.39, 0.29) is 5.91 Å². The molecule has 0 saturated heterocycles. The Bertz CT molecular complexity index is 1120. The number of para-hydroxylation sites is 2. The Hall–Kier alpha value is -3.80. The summed E-state index contributed by atoms with van der Waals surface area (Å²) in [5, 5.41) is 2.89. The van der Waals surface area contributed by atoms with Crippen molar-refractivity contribution >= 4 is 22.7 Å². The number of fused-ring (bicyclic) bond motifs is 1. The van der Waals surface area contributed by atoms with Crippen molar-refractivity contribution in [3.05, 3.63) is 83.7 Å². The number of carbonyl (C=O) groups is 1. The molecule has 0 unspecified atom stereocenters. The molecule has 0 aliphatic heterocycles. The lowest BCUT2D eigenvalue weighted by molar-refractivity contribution is 0.102. The molecule has 0 aliphatic rings. The smallest absolute Gasteiger partial charge is 0.255 e. The molecule has 0 spiro atoms. The SMILES string of the molecule is COc1ccc(C(=O)Nc2ccc(Cc3nc4ccccc4o3)cc2)cc1OC. The van der Waals surface area contributed by atoms with Gasteiger partial charge in [-0.3, -0.25) is 4.79 Å². The van der Waals surface area contributed by atoms with Crippen LogP contribution in [0.15, 0.2) is 71.1 Å². The zero-order valence-electron chi connectivity index (χ0n) is 16.1. The molecule has 29 heavy (non-hydrogen) atoms. The van der Waals surface area contributed by atoms with Crippen LogP contribution in [0.5, 0.6) is 11.5 Å². The number of benzene rings is 3. The molecule has 6 heteroatoms. The van der Waals surface area contributed by atoms with Crippen molar-refractivity contribution in [2.75, 3.05) is 19.5 Å². The van der Waals surface area contributed by atoms with Crippen molar-refractivity contribution in [1.82, 2.24) is 4.98 Å².